The largest absolute Gasteiger partial charge is 0.401 e. The molecule has 0 unspecified atom stereocenters. The lowest BCUT2D eigenvalue weighted by molar-refractivity contribution is 0.0949. The van der Waals surface area contributed by atoms with Crippen molar-refractivity contribution in [2.45, 2.75) is 0 Å². The predicted octanol–water partition coefficient (Wildman–Crippen LogP) is 1.51. The lowest BCUT2D eigenvalue weighted by Crippen LogP contribution is -2.30. The van der Waals surface area contributed by atoms with Gasteiger partial charge in [-0.3, -0.25) is 9.79 Å². The standard InChI is InChI=1S/C13H15IN6OS/c1-17-4-3-7(16)6-18-12(21)9-8(5-15)10-11(20(9)2)19-13(14)22-10/h3-5,15H,6,16H2,1-2H3,(H,18,21)/b7-3-,15-5?,17-4?. The third-order valence-corrected chi connectivity index (χ3v) is 4.75. The molecule has 4 N–H and O–H groups in total. The van der Waals surface area contributed by atoms with Crippen molar-refractivity contribution in [3.05, 3.63) is 26.0 Å². The van der Waals surface area contributed by atoms with Crippen LogP contribution in [0.15, 0.2) is 16.8 Å². The first-order valence-corrected chi connectivity index (χ1v) is 8.19. The van der Waals surface area contributed by atoms with Crippen LogP contribution in [0.1, 0.15) is 16.1 Å². The number of amides is 1. The summed E-state index contributed by atoms with van der Waals surface area (Å²) in [6.07, 6.45) is 4.38. The van der Waals surface area contributed by atoms with Crippen molar-refractivity contribution in [1.82, 2.24) is 14.9 Å². The molecule has 0 spiro atoms. The lowest BCUT2D eigenvalue weighted by Gasteiger charge is -2.07. The van der Waals surface area contributed by atoms with E-state index in [1.54, 1.807) is 31.0 Å². The highest BCUT2D eigenvalue weighted by molar-refractivity contribution is 14.1. The summed E-state index contributed by atoms with van der Waals surface area (Å²) in [5.41, 5.74) is 7.96. The molecule has 0 aliphatic carbocycles. The molecule has 0 bridgehead atoms. The van der Waals surface area contributed by atoms with Gasteiger partial charge in [0, 0.05) is 37.8 Å². The van der Waals surface area contributed by atoms with Crippen LogP contribution in [0.4, 0.5) is 0 Å². The number of aromatic nitrogens is 2. The number of fused-ring (bicyclic) bond motifs is 1. The number of nitrogens with zero attached hydrogens (tertiary/aromatic N) is 3. The van der Waals surface area contributed by atoms with Crippen LogP contribution in [0.25, 0.3) is 10.3 Å². The number of halogens is 1. The number of nitrogens with two attached hydrogens (primary N) is 1. The average molecular weight is 430 g/mol. The van der Waals surface area contributed by atoms with E-state index in [0.29, 0.717) is 22.6 Å². The van der Waals surface area contributed by atoms with Crippen LogP contribution in [0.5, 0.6) is 0 Å². The Morgan fingerprint density at radius 3 is 3.00 bits per heavy atom. The summed E-state index contributed by atoms with van der Waals surface area (Å²) in [5.74, 6) is -0.286. The van der Waals surface area contributed by atoms with E-state index >= 15 is 0 Å². The Kier molecular flexibility index (Phi) is 5.29. The molecular weight excluding hydrogens is 415 g/mol. The van der Waals surface area contributed by atoms with Gasteiger partial charge in [0.1, 0.15) is 5.69 Å². The number of aliphatic imine (C=N–C) groups is 1. The Hall–Kier alpha value is -1.75. The maximum atomic E-state index is 12.4. The van der Waals surface area contributed by atoms with Crippen LogP contribution >= 0.6 is 33.9 Å². The predicted molar refractivity (Wildman–Crippen MR) is 98.2 cm³/mol. The number of carbonyl (C=O) groups excluding carboxylic acids is 1. The molecule has 1 amide bonds. The Morgan fingerprint density at radius 2 is 2.36 bits per heavy atom. The van der Waals surface area contributed by atoms with Crippen LogP contribution in [0.2, 0.25) is 0 Å². The Morgan fingerprint density at radius 1 is 1.64 bits per heavy atom. The molecule has 2 aromatic heterocycles. The van der Waals surface area contributed by atoms with Crippen molar-refractivity contribution in [1.29, 1.82) is 5.41 Å². The molecule has 116 valence electrons. The summed E-state index contributed by atoms with van der Waals surface area (Å²) in [5, 5.41) is 10.3. The number of rotatable bonds is 5. The zero-order chi connectivity index (χ0) is 16.3. The summed E-state index contributed by atoms with van der Waals surface area (Å²) in [6.45, 7) is 0.214. The fourth-order valence-electron chi connectivity index (χ4n) is 1.99. The summed E-state index contributed by atoms with van der Waals surface area (Å²) in [6, 6.07) is 0. The van der Waals surface area contributed by atoms with Gasteiger partial charge < -0.3 is 21.0 Å². The molecule has 22 heavy (non-hydrogen) atoms. The zero-order valence-electron chi connectivity index (χ0n) is 12.1. The highest BCUT2D eigenvalue weighted by atomic mass is 127. The van der Waals surface area contributed by atoms with Crippen LogP contribution in [-0.4, -0.2) is 41.5 Å². The molecule has 0 saturated heterocycles. The van der Waals surface area contributed by atoms with E-state index in [1.165, 1.54) is 17.6 Å². The van der Waals surface area contributed by atoms with E-state index in [4.69, 9.17) is 11.1 Å². The maximum absolute atomic E-state index is 12.4. The molecular formula is C13H15IN6OS. The number of aryl methyl sites for hydroxylation is 1. The first-order valence-electron chi connectivity index (χ1n) is 6.29. The fraction of sp³-hybridized carbons (Fsp3) is 0.231. The topological polar surface area (TPSA) is 109 Å². The Bertz CT molecular complexity index is 788. The van der Waals surface area contributed by atoms with Crippen molar-refractivity contribution < 1.29 is 4.79 Å². The van der Waals surface area contributed by atoms with Crippen molar-refractivity contribution in [3.8, 4) is 0 Å². The molecule has 2 heterocycles. The molecule has 0 aromatic carbocycles. The van der Waals surface area contributed by atoms with E-state index in [-0.39, 0.29) is 12.5 Å². The number of carbonyl (C=O) groups is 1. The summed E-state index contributed by atoms with van der Waals surface area (Å²) in [7, 11) is 3.41. The molecule has 0 atom stereocenters. The first-order chi connectivity index (χ1) is 10.5. The number of nitrogens with one attached hydrogen (secondary N) is 2. The molecule has 0 aliphatic rings. The molecule has 0 radical (unpaired) electrons. The minimum absolute atomic E-state index is 0.214. The Labute approximate surface area is 145 Å². The second kappa shape index (κ2) is 7.01. The molecule has 0 saturated carbocycles. The molecule has 2 aromatic rings. The highest BCUT2D eigenvalue weighted by Gasteiger charge is 2.22. The van der Waals surface area contributed by atoms with Gasteiger partial charge >= 0.3 is 0 Å². The molecule has 2 rings (SSSR count). The van der Waals surface area contributed by atoms with Gasteiger partial charge in [0.05, 0.1) is 11.2 Å². The van der Waals surface area contributed by atoms with Crippen LogP contribution in [0, 0.1) is 8.42 Å². The summed E-state index contributed by atoms with van der Waals surface area (Å²) < 4.78 is 3.42. The molecule has 7 nitrogen and oxygen atoms in total. The Balaban J connectivity index is 2.30. The summed E-state index contributed by atoms with van der Waals surface area (Å²) >= 11 is 3.59. The van der Waals surface area contributed by atoms with Crippen molar-refractivity contribution in [2.24, 2.45) is 17.8 Å². The van der Waals surface area contributed by atoms with E-state index in [9.17, 15) is 4.79 Å². The third-order valence-electron chi connectivity index (χ3n) is 2.99. The maximum Gasteiger partial charge on any atom is 0.269 e. The second-order valence-electron chi connectivity index (χ2n) is 4.42. The van der Waals surface area contributed by atoms with Crippen molar-refractivity contribution >= 4 is 62.6 Å². The minimum Gasteiger partial charge on any atom is -0.401 e. The van der Waals surface area contributed by atoms with Crippen LogP contribution in [-0.2, 0) is 7.05 Å². The van der Waals surface area contributed by atoms with E-state index in [2.05, 4.69) is 37.9 Å². The van der Waals surface area contributed by atoms with E-state index in [0.717, 1.165) is 7.71 Å². The summed E-state index contributed by atoms with van der Waals surface area (Å²) in [4.78, 5) is 20.6. The van der Waals surface area contributed by atoms with Crippen LogP contribution in [0.3, 0.4) is 0 Å². The molecule has 0 fully saturated rings. The average Bonchev–Trinajstić information content (AvgIpc) is 2.99. The van der Waals surface area contributed by atoms with Gasteiger partial charge in [0.25, 0.3) is 5.91 Å². The van der Waals surface area contributed by atoms with E-state index in [1.807, 2.05) is 0 Å². The molecule has 0 aliphatic heterocycles. The van der Waals surface area contributed by atoms with Gasteiger partial charge in [-0.05, 0) is 28.7 Å². The van der Waals surface area contributed by atoms with Gasteiger partial charge in [-0.15, -0.1) is 11.3 Å². The van der Waals surface area contributed by atoms with Crippen LogP contribution < -0.4 is 11.1 Å². The van der Waals surface area contributed by atoms with Crippen molar-refractivity contribution in [3.63, 3.8) is 0 Å². The van der Waals surface area contributed by atoms with Gasteiger partial charge in [-0.25, -0.2) is 4.98 Å². The van der Waals surface area contributed by atoms with Crippen molar-refractivity contribution in [2.75, 3.05) is 13.6 Å². The number of allylic oxidation sites excluding steroid dienone is 1. The van der Waals surface area contributed by atoms with Gasteiger partial charge in [-0.1, -0.05) is 0 Å². The first kappa shape index (κ1) is 16.6. The SMILES string of the molecule is CN=C/C=C(\N)CNC(=O)c1c(C=N)c2sc(I)nc2n1C. The number of hydrogen-bond acceptors (Lipinski definition) is 6. The monoisotopic (exact) mass is 430 g/mol. The van der Waals surface area contributed by atoms with Gasteiger partial charge in [0.15, 0.2) is 8.66 Å². The fourth-order valence-corrected chi connectivity index (χ4v) is 3.72. The normalized spacial score (nSPS) is 12.2. The van der Waals surface area contributed by atoms with Gasteiger partial charge in [-0.2, -0.15) is 0 Å². The van der Waals surface area contributed by atoms with Gasteiger partial charge in [0.2, 0.25) is 0 Å². The smallest absolute Gasteiger partial charge is 0.269 e. The quantitative estimate of drug-likeness (QED) is 0.494. The zero-order valence-corrected chi connectivity index (χ0v) is 15.0. The lowest BCUT2D eigenvalue weighted by atomic mass is 10.2. The second-order valence-corrected chi connectivity index (χ2v) is 7.17. The third kappa shape index (κ3) is 3.19. The number of hydrogen-bond donors (Lipinski definition) is 3. The van der Waals surface area contributed by atoms with E-state index < -0.39 is 0 Å². The highest BCUT2D eigenvalue weighted by Crippen LogP contribution is 2.30. The molecule has 9 heteroatoms. The number of thiazole rings is 1. The minimum atomic E-state index is -0.286.